The van der Waals surface area contributed by atoms with Crippen LogP contribution < -0.4 is 16.4 Å². The molecular weight excluding hydrogens is 180 g/mol. The van der Waals surface area contributed by atoms with Crippen molar-refractivity contribution in [1.29, 1.82) is 0 Å². The van der Waals surface area contributed by atoms with Gasteiger partial charge < -0.3 is 16.2 Å². The summed E-state index contributed by atoms with van der Waals surface area (Å²) in [7, 11) is 1.67. The van der Waals surface area contributed by atoms with Gasteiger partial charge in [-0.2, -0.15) is 0 Å². The summed E-state index contributed by atoms with van der Waals surface area (Å²) in [6.07, 6.45) is 0.963. The van der Waals surface area contributed by atoms with Crippen LogP contribution in [0.25, 0.3) is 0 Å². The van der Waals surface area contributed by atoms with Crippen LogP contribution in [0.5, 0.6) is 0 Å². The molecule has 0 bridgehead atoms. The van der Waals surface area contributed by atoms with E-state index < -0.39 is 6.23 Å². The lowest BCUT2D eigenvalue weighted by molar-refractivity contribution is 0.144. The maximum atomic E-state index is 9.38. The minimum absolute atomic E-state index is 0.584. The number of pyridine rings is 1. The molecule has 0 saturated heterocycles. The number of hydrogen-bond acceptors (Lipinski definition) is 5. The van der Waals surface area contributed by atoms with Gasteiger partial charge in [0.05, 0.1) is 17.6 Å². The summed E-state index contributed by atoms with van der Waals surface area (Å²) in [5, 5.41) is 15.2. The topological polar surface area (TPSA) is 83.2 Å². The zero-order valence-corrected chi connectivity index (χ0v) is 8.20. The fraction of sp³-hybridized carbons (Fsp3) is 0.444. The van der Waals surface area contributed by atoms with Crippen LogP contribution in [0.15, 0.2) is 18.3 Å². The average molecular weight is 196 g/mol. The van der Waals surface area contributed by atoms with Gasteiger partial charge in [-0.15, -0.1) is 0 Å². The Kier molecular flexibility index (Phi) is 4.31. The monoisotopic (exact) mass is 196 g/mol. The van der Waals surface area contributed by atoms with Crippen LogP contribution in [0, 0.1) is 0 Å². The maximum absolute atomic E-state index is 9.38. The molecule has 5 nitrogen and oxygen atoms in total. The Morgan fingerprint density at radius 1 is 1.57 bits per heavy atom. The molecule has 0 amide bonds. The van der Waals surface area contributed by atoms with Crippen LogP contribution in [-0.2, 0) is 0 Å². The van der Waals surface area contributed by atoms with E-state index in [1.807, 2.05) is 6.07 Å². The summed E-state index contributed by atoms with van der Waals surface area (Å²) in [4.78, 5) is 4.09. The third kappa shape index (κ3) is 2.95. The Balaban J connectivity index is 2.59. The number of aliphatic hydroxyl groups excluding tert-OH is 1. The number of nitrogens with one attached hydrogen (secondary N) is 2. The zero-order chi connectivity index (χ0) is 10.4. The van der Waals surface area contributed by atoms with Crippen molar-refractivity contribution >= 4 is 5.69 Å². The van der Waals surface area contributed by atoms with E-state index in [0.717, 1.165) is 12.2 Å². The molecule has 1 rings (SSSR count). The number of aromatic nitrogens is 1. The van der Waals surface area contributed by atoms with Crippen molar-refractivity contribution in [1.82, 2.24) is 10.3 Å². The van der Waals surface area contributed by atoms with Crippen LogP contribution in [-0.4, -0.2) is 30.2 Å². The lowest BCUT2D eigenvalue weighted by atomic mass is 10.3. The average Bonchev–Trinajstić information content (AvgIpc) is 2.26. The number of hydrogen-bond donors (Lipinski definition) is 4. The first-order valence-corrected chi connectivity index (χ1v) is 4.53. The molecule has 0 saturated carbocycles. The summed E-state index contributed by atoms with van der Waals surface area (Å²) in [6, 6.07) is 3.62. The molecule has 1 unspecified atom stereocenters. The van der Waals surface area contributed by atoms with E-state index in [1.54, 1.807) is 19.3 Å². The van der Waals surface area contributed by atoms with E-state index in [0.29, 0.717) is 12.2 Å². The predicted molar refractivity (Wildman–Crippen MR) is 55.8 cm³/mol. The van der Waals surface area contributed by atoms with Gasteiger partial charge in [-0.1, -0.05) is 0 Å². The van der Waals surface area contributed by atoms with Crippen LogP contribution in [0.4, 0.5) is 5.69 Å². The molecule has 0 aliphatic rings. The first-order chi connectivity index (χ1) is 6.77. The molecule has 1 atom stereocenters. The van der Waals surface area contributed by atoms with Gasteiger partial charge in [0.15, 0.2) is 0 Å². The third-order valence-electron chi connectivity index (χ3n) is 1.81. The fourth-order valence-electron chi connectivity index (χ4n) is 1.04. The van der Waals surface area contributed by atoms with Gasteiger partial charge in [0.25, 0.3) is 0 Å². The fourth-order valence-corrected chi connectivity index (χ4v) is 1.04. The van der Waals surface area contributed by atoms with Gasteiger partial charge in [0.2, 0.25) is 0 Å². The zero-order valence-electron chi connectivity index (χ0n) is 8.20. The van der Waals surface area contributed by atoms with Gasteiger partial charge >= 0.3 is 0 Å². The molecule has 0 aliphatic carbocycles. The first-order valence-electron chi connectivity index (χ1n) is 4.53. The van der Waals surface area contributed by atoms with Crippen molar-refractivity contribution in [3.63, 3.8) is 0 Å². The largest absolute Gasteiger partial charge is 0.383 e. The second-order valence-electron chi connectivity index (χ2n) is 2.88. The molecule has 0 fully saturated rings. The molecule has 1 aromatic heterocycles. The minimum atomic E-state index is -0.710. The van der Waals surface area contributed by atoms with Gasteiger partial charge in [-0.05, 0) is 19.2 Å². The number of nitrogens with zero attached hydrogens (tertiary/aromatic N) is 1. The second kappa shape index (κ2) is 5.54. The minimum Gasteiger partial charge on any atom is -0.383 e. The van der Waals surface area contributed by atoms with Gasteiger partial charge in [0, 0.05) is 13.1 Å². The molecule has 5 heteroatoms. The molecule has 0 radical (unpaired) electrons. The highest BCUT2D eigenvalue weighted by Crippen LogP contribution is 2.09. The van der Waals surface area contributed by atoms with Crippen molar-refractivity contribution in [2.24, 2.45) is 5.73 Å². The van der Waals surface area contributed by atoms with Crippen molar-refractivity contribution in [3.8, 4) is 0 Å². The summed E-state index contributed by atoms with van der Waals surface area (Å²) < 4.78 is 0. The quantitative estimate of drug-likeness (QED) is 0.484. The standard InChI is InChI=1S/C9H16N4O/c1-11-9(14)8-3-2-7(6-13-8)12-5-4-10/h2-3,6,9,11-12,14H,4-5,10H2,1H3. The number of aliphatic hydroxyl groups is 1. The molecule has 1 aromatic rings. The molecule has 5 N–H and O–H groups in total. The second-order valence-corrected chi connectivity index (χ2v) is 2.88. The highest BCUT2D eigenvalue weighted by molar-refractivity contribution is 5.41. The van der Waals surface area contributed by atoms with E-state index in [1.165, 1.54) is 0 Å². The van der Waals surface area contributed by atoms with E-state index in [9.17, 15) is 5.11 Å². The van der Waals surface area contributed by atoms with E-state index in [4.69, 9.17) is 5.73 Å². The Bertz CT molecular complexity index is 262. The molecule has 78 valence electrons. The molecule has 0 aliphatic heterocycles. The lowest BCUT2D eigenvalue weighted by Crippen LogP contribution is -2.17. The highest BCUT2D eigenvalue weighted by Gasteiger charge is 2.04. The van der Waals surface area contributed by atoms with Crippen LogP contribution in [0.2, 0.25) is 0 Å². The number of nitrogens with two attached hydrogens (primary N) is 1. The van der Waals surface area contributed by atoms with Gasteiger partial charge in [-0.3, -0.25) is 10.3 Å². The van der Waals surface area contributed by atoms with Crippen LogP contribution >= 0.6 is 0 Å². The van der Waals surface area contributed by atoms with Crippen LogP contribution in [0.3, 0.4) is 0 Å². The number of anilines is 1. The van der Waals surface area contributed by atoms with Gasteiger partial charge in [0.1, 0.15) is 6.23 Å². The molecule has 14 heavy (non-hydrogen) atoms. The highest BCUT2D eigenvalue weighted by atomic mass is 16.3. The van der Waals surface area contributed by atoms with Crippen LogP contribution in [0.1, 0.15) is 11.9 Å². The smallest absolute Gasteiger partial charge is 0.147 e. The Morgan fingerprint density at radius 2 is 2.36 bits per heavy atom. The molecule has 1 heterocycles. The summed E-state index contributed by atoms with van der Waals surface area (Å²) in [5.41, 5.74) is 6.85. The first kappa shape index (κ1) is 10.9. The molecule has 0 aromatic carbocycles. The van der Waals surface area contributed by atoms with Gasteiger partial charge in [-0.25, -0.2) is 0 Å². The van der Waals surface area contributed by atoms with Crippen molar-refractivity contribution in [2.45, 2.75) is 6.23 Å². The normalized spacial score (nSPS) is 12.5. The van der Waals surface area contributed by atoms with E-state index >= 15 is 0 Å². The summed E-state index contributed by atoms with van der Waals surface area (Å²) >= 11 is 0. The third-order valence-corrected chi connectivity index (χ3v) is 1.81. The summed E-state index contributed by atoms with van der Waals surface area (Å²) in [5.74, 6) is 0. The Labute approximate surface area is 83.3 Å². The number of rotatable bonds is 5. The SMILES string of the molecule is CNC(O)c1ccc(NCCN)cn1. The van der Waals surface area contributed by atoms with E-state index in [-0.39, 0.29) is 0 Å². The summed E-state index contributed by atoms with van der Waals surface area (Å²) in [6.45, 7) is 1.30. The molecule has 0 spiro atoms. The van der Waals surface area contributed by atoms with Crippen molar-refractivity contribution < 1.29 is 5.11 Å². The predicted octanol–water partition coefficient (Wildman–Crippen LogP) is -0.338. The lowest BCUT2D eigenvalue weighted by Gasteiger charge is -2.09. The maximum Gasteiger partial charge on any atom is 0.147 e. The van der Waals surface area contributed by atoms with Crippen molar-refractivity contribution in [3.05, 3.63) is 24.0 Å². The van der Waals surface area contributed by atoms with Crippen molar-refractivity contribution in [2.75, 3.05) is 25.5 Å². The van der Waals surface area contributed by atoms with E-state index in [2.05, 4.69) is 15.6 Å². The Morgan fingerprint density at radius 3 is 2.86 bits per heavy atom. The molecular formula is C9H16N4O. The Hall–Kier alpha value is -1.17.